The second-order valence-electron chi connectivity index (χ2n) is 9.22. The Labute approximate surface area is 172 Å². The maximum atomic E-state index is 5.16. The average molecular weight is 371 g/mol. The molecule has 4 aromatic carbocycles. The molecule has 2 heterocycles. The summed E-state index contributed by atoms with van der Waals surface area (Å²) in [6.45, 7) is 7.21. The first-order valence-corrected chi connectivity index (χ1v) is 10.4. The molecular formula is C27H22BN. The Morgan fingerprint density at radius 1 is 0.724 bits per heavy atom. The van der Waals surface area contributed by atoms with E-state index in [0.29, 0.717) is 0 Å². The summed E-state index contributed by atoms with van der Waals surface area (Å²) in [5, 5.41) is 2.65. The van der Waals surface area contributed by atoms with Gasteiger partial charge in [0.25, 0.3) is 6.71 Å². The van der Waals surface area contributed by atoms with E-state index in [2.05, 4.69) is 99.6 Å². The molecule has 0 fully saturated rings. The van der Waals surface area contributed by atoms with Gasteiger partial charge in [-0.2, -0.15) is 0 Å². The van der Waals surface area contributed by atoms with Crippen LogP contribution >= 0.6 is 0 Å². The highest BCUT2D eigenvalue weighted by Gasteiger charge is 2.41. The van der Waals surface area contributed by atoms with Crippen molar-refractivity contribution in [2.24, 2.45) is 4.99 Å². The van der Waals surface area contributed by atoms with Crippen LogP contribution in [0.5, 0.6) is 0 Å². The summed E-state index contributed by atoms with van der Waals surface area (Å²) in [4.78, 5) is 5.16. The zero-order valence-corrected chi connectivity index (χ0v) is 17.0. The summed E-state index contributed by atoms with van der Waals surface area (Å²) in [5.41, 5.74) is 10.5. The summed E-state index contributed by atoms with van der Waals surface area (Å²) < 4.78 is 0. The van der Waals surface area contributed by atoms with Crippen molar-refractivity contribution in [2.45, 2.75) is 26.2 Å². The van der Waals surface area contributed by atoms with E-state index in [0.717, 1.165) is 5.69 Å². The third-order valence-corrected chi connectivity index (χ3v) is 6.38. The number of rotatable bonds is 0. The van der Waals surface area contributed by atoms with Gasteiger partial charge >= 0.3 is 0 Å². The molecule has 0 aromatic heterocycles. The molecule has 0 aliphatic carbocycles. The molecular weight excluding hydrogens is 349 g/mol. The molecule has 0 N–H and O–H groups in total. The third kappa shape index (κ3) is 2.26. The highest BCUT2D eigenvalue weighted by Crippen LogP contribution is 2.43. The molecule has 4 aromatic rings. The minimum atomic E-state index is 0.0247. The molecule has 0 saturated heterocycles. The lowest BCUT2D eigenvalue weighted by Gasteiger charge is -2.33. The van der Waals surface area contributed by atoms with Crippen molar-refractivity contribution in [2.75, 3.05) is 0 Å². The monoisotopic (exact) mass is 371 g/mol. The van der Waals surface area contributed by atoms with Crippen LogP contribution < -0.4 is 10.9 Å². The van der Waals surface area contributed by atoms with Crippen LogP contribution in [-0.4, -0.2) is 12.3 Å². The van der Waals surface area contributed by atoms with Crippen LogP contribution in [0.25, 0.3) is 21.9 Å². The largest absolute Gasteiger partial charge is 0.269 e. The lowest BCUT2D eigenvalue weighted by Crippen LogP contribution is -2.50. The summed E-state index contributed by atoms with van der Waals surface area (Å²) in [6, 6.07) is 28.7. The van der Waals surface area contributed by atoms with Crippen LogP contribution in [0.2, 0.25) is 0 Å². The normalized spacial score (nSPS) is 14.2. The molecule has 2 aliphatic rings. The van der Waals surface area contributed by atoms with Crippen molar-refractivity contribution in [3.05, 3.63) is 90.0 Å². The van der Waals surface area contributed by atoms with Crippen LogP contribution in [0, 0.1) is 0 Å². The van der Waals surface area contributed by atoms with E-state index in [1.165, 1.54) is 49.6 Å². The second kappa shape index (κ2) is 5.70. The Hall–Kier alpha value is -3.13. The number of hydrogen-bond donors (Lipinski definition) is 0. The summed E-state index contributed by atoms with van der Waals surface area (Å²) in [6.07, 6.45) is 0. The number of fused-ring (bicyclic) bond motifs is 9. The molecule has 6 rings (SSSR count). The molecule has 2 heteroatoms. The van der Waals surface area contributed by atoms with Crippen molar-refractivity contribution < 1.29 is 0 Å². The van der Waals surface area contributed by atoms with Crippen LogP contribution in [0.3, 0.4) is 0 Å². The van der Waals surface area contributed by atoms with Gasteiger partial charge in [-0.3, -0.25) is 4.99 Å². The van der Waals surface area contributed by atoms with Crippen molar-refractivity contribution >= 4 is 39.7 Å². The maximum Gasteiger partial charge on any atom is 0.269 e. The molecule has 0 radical (unpaired) electrons. The van der Waals surface area contributed by atoms with E-state index < -0.39 is 0 Å². The molecule has 0 atom stereocenters. The van der Waals surface area contributed by atoms with Crippen molar-refractivity contribution in [3.8, 4) is 11.1 Å². The van der Waals surface area contributed by atoms with Gasteiger partial charge in [0.15, 0.2) is 0 Å². The Bertz CT molecular complexity index is 1340. The van der Waals surface area contributed by atoms with E-state index >= 15 is 0 Å². The Morgan fingerprint density at radius 3 is 2.24 bits per heavy atom. The maximum absolute atomic E-state index is 5.16. The lowest BCUT2D eigenvalue weighted by atomic mass is 9.34. The van der Waals surface area contributed by atoms with E-state index in [9.17, 15) is 0 Å². The van der Waals surface area contributed by atoms with Crippen LogP contribution in [0.4, 0.5) is 5.69 Å². The van der Waals surface area contributed by atoms with Gasteiger partial charge in [0.1, 0.15) is 0 Å². The number of hydrogen-bond acceptors (Lipinski definition) is 1. The predicted molar refractivity (Wildman–Crippen MR) is 126 cm³/mol. The fourth-order valence-corrected chi connectivity index (χ4v) is 5.29. The highest BCUT2D eigenvalue weighted by molar-refractivity contribution is 7.13. The first-order valence-electron chi connectivity index (χ1n) is 10.4. The Kier molecular flexibility index (Phi) is 3.30. The molecule has 0 unspecified atom stereocenters. The zero-order valence-electron chi connectivity index (χ0n) is 17.0. The average Bonchev–Trinajstić information content (AvgIpc) is 3.11. The smallest absolute Gasteiger partial charge is 0.262 e. The van der Waals surface area contributed by atoms with Gasteiger partial charge in [0, 0.05) is 5.61 Å². The van der Waals surface area contributed by atoms with Gasteiger partial charge in [0.2, 0.25) is 0 Å². The van der Waals surface area contributed by atoms with Gasteiger partial charge in [-0.1, -0.05) is 93.0 Å². The standard InChI is InChI=1S/C27H22BN/c1-27(2,3)25-18-11-5-4-10-17(18)16-20-24(25)19-12-6-7-13-21(19)28-22-14-8-9-15-23(22)29-26(20)28/h4-16H,1-3H3. The quantitative estimate of drug-likeness (QED) is 0.367. The second-order valence-corrected chi connectivity index (χ2v) is 9.22. The van der Waals surface area contributed by atoms with Crippen LogP contribution in [-0.2, 0) is 5.41 Å². The third-order valence-electron chi connectivity index (χ3n) is 6.38. The highest BCUT2D eigenvalue weighted by atomic mass is 14.8. The first-order chi connectivity index (χ1) is 14.0. The van der Waals surface area contributed by atoms with E-state index in [1.54, 1.807) is 0 Å². The minimum absolute atomic E-state index is 0.0247. The SMILES string of the molecule is CC(C)(C)c1c2c(cc3ccccc13)C1=Nc3ccccc3B1c1ccccc1-2. The van der Waals surface area contributed by atoms with Gasteiger partial charge in [0.05, 0.1) is 5.69 Å². The van der Waals surface area contributed by atoms with Gasteiger partial charge in [-0.15, -0.1) is 0 Å². The van der Waals surface area contributed by atoms with Crippen molar-refractivity contribution in [1.82, 2.24) is 0 Å². The van der Waals surface area contributed by atoms with Gasteiger partial charge in [-0.05, 0) is 56.0 Å². The molecule has 0 saturated carbocycles. The number of para-hydroxylation sites is 1. The molecule has 0 bridgehead atoms. The van der Waals surface area contributed by atoms with E-state index in [4.69, 9.17) is 4.99 Å². The zero-order chi connectivity index (χ0) is 19.8. The van der Waals surface area contributed by atoms with E-state index in [1.807, 2.05) is 0 Å². The van der Waals surface area contributed by atoms with Crippen LogP contribution in [0.15, 0.2) is 83.9 Å². The molecule has 1 nitrogen and oxygen atoms in total. The van der Waals surface area contributed by atoms with Crippen molar-refractivity contribution in [3.63, 3.8) is 0 Å². The van der Waals surface area contributed by atoms with Gasteiger partial charge < -0.3 is 0 Å². The van der Waals surface area contributed by atoms with Crippen LogP contribution in [0.1, 0.15) is 31.9 Å². The number of benzene rings is 4. The molecule has 29 heavy (non-hydrogen) atoms. The van der Waals surface area contributed by atoms with Crippen molar-refractivity contribution in [1.29, 1.82) is 0 Å². The summed E-state index contributed by atoms with van der Waals surface area (Å²) in [5.74, 6) is 0. The summed E-state index contributed by atoms with van der Waals surface area (Å²) >= 11 is 0. The Balaban J connectivity index is 1.81. The lowest BCUT2D eigenvalue weighted by molar-refractivity contribution is 0.597. The fourth-order valence-electron chi connectivity index (χ4n) is 5.29. The molecule has 0 amide bonds. The molecule has 2 aliphatic heterocycles. The first kappa shape index (κ1) is 16.8. The topological polar surface area (TPSA) is 12.4 Å². The van der Waals surface area contributed by atoms with E-state index in [-0.39, 0.29) is 12.1 Å². The number of nitrogens with zero attached hydrogens (tertiary/aromatic N) is 1. The van der Waals surface area contributed by atoms with Gasteiger partial charge in [-0.25, -0.2) is 0 Å². The predicted octanol–water partition coefficient (Wildman–Crippen LogP) is 5.40. The minimum Gasteiger partial charge on any atom is -0.262 e. The fraction of sp³-hybridized carbons (Fsp3) is 0.148. The number of aliphatic imine (C=N–C) groups is 1. The molecule has 0 spiro atoms. The molecule has 138 valence electrons. The Morgan fingerprint density at radius 2 is 1.41 bits per heavy atom. The summed E-state index contributed by atoms with van der Waals surface area (Å²) in [7, 11) is 0.